The van der Waals surface area contributed by atoms with E-state index in [-0.39, 0.29) is 40.6 Å². The number of nitrogens with two attached hydrogens (primary N) is 1. The van der Waals surface area contributed by atoms with Crippen LogP contribution in [0.3, 0.4) is 0 Å². The Bertz CT molecular complexity index is 1340. The third-order valence-electron chi connectivity index (χ3n) is 6.16. The fourth-order valence-corrected chi connectivity index (χ4v) is 4.54. The molecule has 3 aromatic rings. The van der Waals surface area contributed by atoms with Crippen molar-refractivity contribution in [2.75, 3.05) is 36.8 Å². The maximum Gasteiger partial charge on any atom is 0.341 e. The van der Waals surface area contributed by atoms with Crippen LogP contribution >= 0.6 is 12.4 Å². The average Bonchev–Trinajstić information content (AvgIpc) is 3.33. The lowest BCUT2D eigenvalue weighted by Crippen LogP contribution is -2.28. The van der Waals surface area contributed by atoms with E-state index in [4.69, 9.17) is 5.73 Å². The first-order valence-corrected chi connectivity index (χ1v) is 9.94. The minimum absolute atomic E-state index is 0. The van der Waals surface area contributed by atoms with Gasteiger partial charge < -0.3 is 21.1 Å². The number of carbonyl (C=O) groups is 1. The van der Waals surface area contributed by atoms with Gasteiger partial charge in [0.05, 0.1) is 16.8 Å². The maximum atomic E-state index is 15.0. The predicted molar refractivity (Wildman–Crippen MR) is 118 cm³/mol. The van der Waals surface area contributed by atoms with E-state index in [0.29, 0.717) is 31.0 Å². The number of aromatic nitrogens is 2. The lowest BCUT2D eigenvalue weighted by atomic mass is 10.0. The molecule has 2 aliphatic heterocycles. The van der Waals surface area contributed by atoms with E-state index in [1.165, 1.54) is 0 Å². The fourth-order valence-electron chi connectivity index (χ4n) is 4.54. The van der Waals surface area contributed by atoms with Crippen molar-refractivity contribution in [3.05, 3.63) is 57.6 Å². The molecule has 33 heavy (non-hydrogen) atoms. The number of pyridine rings is 2. The molecule has 12 heteroatoms. The van der Waals surface area contributed by atoms with Crippen LogP contribution in [0, 0.1) is 29.3 Å². The molecule has 2 aromatic heterocycles. The molecule has 2 fully saturated rings. The van der Waals surface area contributed by atoms with E-state index < -0.39 is 34.4 Å². The summed E-state index contributed by atoms with van der Waals surface area (Å²) in [4.78, 5) is 30.4. The predicted octanol–water partition coefficient (Wildman–Crippen LogP) is 2.16. The molecule has 0 aliphatic carbocycles. The highest BCUT2D eigenvalue weighted by Crippen LogP contribution is 2.32. The zero-order valence-corrected chi connectivity index (χ0v) is 17.8. The summed E-state index contributed by atoms with van der Waals surface area (Å²) in [5, 5.41) is 12.4. The van der Waals surface area contributed by atoms with Crippen LogP contribution in [0.1, 0.15) is 10.4 Å². The summed E-state index contributed by atoms with van der Waals surface area (Å²) in [5.41, 5.74) is 3.05. The summed E-state index contributed by atoms with van der Waals surface area (Å²) in [6.07, 6.45) is 0.889. The Labute approximate surface area is 191 Å². The average molecular weight is 482 g/mol. The van der Waals surface area contributed by atoms with Gasteiger partial charge in [0, 0.05) is 38.4 Å². The standard InChI is InChI=1S/C21H18F3N5O3.ClH/c22-13-2-14(23)17(3-16(13)25)29-8-12(21(31)32)18(30)11-1-15(24)20(27-19(11)29)28-6-9-4-26-5-10(9)7-28;/h1-3,8-10,26H,4-7,25H2,(H,31,32);1H. The zero-order valence-electron chi connectivity index (χ0n) is 17.0. The number of benzene rings is 1. The Balaban J connectivity index is 0.00000259. The maximum absolute atomic E-state index is 15.0. The lowest BCUT2D eigenvalue weighted by Gasteiger charge is -2.21. The summed E-state index contributed by atoms with van der Waals surface area (Å²) in [7, 11) is 0. The van der Waals surface area contributed by atoms with Crippen molar-refractivity contribution in [3.8, 4) is 5.69 Å². The van der Waals surface area contributed by atoms with Crippen molar-refractivity contribution in [3.63, 3.8) is 0 Å². The van der Waals surface area contributed by atoms with E-state index >= 15 is 4.39 Å². The number of nitrogens with one attached hydrogen (secondary N) is 1. The molecule has 0 bridgehead atoms. The van der Waals surface area contributed by atoms with Gasteiger partial charge in [-0.15, -0.1) is 12.4 Å². The van der Waals surface area contributed by atoms with Gasteiger partial charge >= 0.3 is 5.97 Å². The van der Waals surface area contributed by atoms with E-state index in [0.717, 1.165) is 36.0 Å². The van der Waals surface area contributed by atoms with Crippen LogP contribution in [0.4, 0.5) is 24.7 Å². The van der Waals surface area contributed by atoms with E-state index in [9.17, 15) is 23.5 Å². The van der Waals surface area contributed by atoms with Crippen LogP contribution in [0.15, 0.2) is 29.2 Å². The number of rotatable bonds is 3. The summed E-state index contributed by atoms with van der Waals surface area (Å²) in [6, 6.07) is 2.44. The number of anilines is 2. The van der Waals surface area contributed by atoms with E-state index in [2.05, 4.69) is 10.3 Å². The Morgan fingerprint density at radius 1 is 1.09 bits per heavy atom. The molecule has 0 saturated carbocycles. The molecular weight excluding hydrogens is 463 g/mol. The molecule has 0 amide bonds. The van der Waals surface area contributed by atoms with Crippen molar-refractivity contribution in [1.29, 1.82) is 0 Å². The topological polar surface area (TPSA) is 113 Å². The first-order chi connectivity index (χ1) is 15.2. The Hall–Kier alpha value is -3.31. The molecule has 4 heterocycles. The monoisotopic (exact) mass is 481 g/mol. The number of carboxylic acids is 1. The largest absolute Gasteiger partial charge is 0.477 e. The highest BCUT2D eigenvalue weighted by molar-refractivity contribution is 5.92. The number of fused-ring (bicyclic) bond motifs is 2. The second kappa shape index (κ2) is 8.23. The number of aromatic carboxylic acids is 1. The van der Waals surface area contributed by atoms with Crippen LogP contribution < -0.4 is 21.4 Å². The zero-order chi connectivity index (χ0) is 22.7. The molecule has 1 aromatic carbocycles. The first kappa shape index (κ1) is 22.9. The molecular formula is C21H19ClF3N5O3. The van der Waals surface area contributed by atoms with Crippen LogP contribution in [0.2, 0.25) is 0 Å². The molecule has 174 valence electrons. The first-order valence-electron chi connectivity index (χ1n) is 9.94. The van der Waals surface area contributed by atoms with Gasteiger partial charge in [0.15, 0.2) is 17.3 Å². The molecule has 8 nitrogen and oxygen atoms in total. The lowest BCUT2D eigenvalue weighted by molar-refractivity contribution is 0.0695. The van der Waals surface area contributed by atoms with Gasteiger partial charge in [0.25, 0.3) is 0 Å². The second-order valence-corrected chi connectivity index (χ2v) is 8.12. The summed E-state index contributed by atoms with van der Waals surface area (Å²) in [6.45, 7) is 2.73. The van der Waals surface area contributed by atoms with Crippen molar-refractivity contribution >= 4 is 40.9 Å². The summed E-state index contributed by atoms with van der Waals surface area (Å²) < 4.78 is 44.4. The smallest absolute Gasteiger partial charge is 0.341 e. The second-order valence-electron chi connectivity index (χ2n) is 8.12. The third-order valence-corrected chi connectivity index (χ3v) is 6.16. The van der Waals surface area contributed by atoms with Crippen LogP contribution in [-0.2, 0) is 0 Å². The Morgan fingerprint density at radius 3 is 2.39 bits per heavy atom. The van der Waals surface area contributed by atoms with Gasteiger partial charge in [-0.3, -0.25) is 9.36 Å². The minimum atomic E-state index is -1.58. The summed E-state index contributed by atoms with van der Waals surface area (Å²) in [5.74, 6) is -3.75. The molecule has 2 unspecified atom stereocenters. The highest BCUT2D eigenvalue weighted by Gasteiger charge is 2.37. The quantitative estimate of drug-likeness (QED) is 0.491. The van der Waals surface area contributed by atoms with Gasteiger partial charge in [0.1, 0.15) is 17.2 Å². The number of hydrogen-bond donors (Lipinski definition) is 3. The molecule has 5 rings (SSSR count). The molecule has 2 atom stereocenters. The normalized spacial score (nSPS) is 19.5. The third kappa shape index (κ3) is 3.66. The van der Waals surface area contributed by atoms with Gasteiger partial charge in [-0.2, -0.15) is 0 Å². The number of nitrogen functional groups attached to an aromatic ring is 1. The van der Waals surface area contributed by atoms with Gasteiger partial charge in [-0.05, 0) is 24.0 Å². The van der Waals surface area contributed by atoms with Crippen molar-refractivity contribution in [1.82, 2.24) is 14.9 Å². The van der Waals surface area contributed by atoms with Crippen LogP contribution in [0.25, 0.3) is 16.7 Å². The Kier molecular flexibility index (Phi) is 5.71. The Morgan fingerprint density at radius 2 is 1.76 bits per heavy atom. The van der Waals surface area contributed by atoms with Gasteiger partial charge in [-0.25, -0.2) is 22.9 Å². The van der Waals surface area contributed by atoms with Crippen LogP contribution in [0.5, 0.6) is 0 Å². The highest BCUT2D eigenvalue weighted by atomic mass is 35.5. The van der Waals surface area contributed by atoms with Gasteiger partial charge in [-0.1, -0.05) is 0 Å². The molecule has 2 aliphatic rings. The number of halogens is 4. The number of nitrogens with zero attached hydrogens (tertiary/aromatic N) is 3. The van der Waals surface area contributed by atoms with Crippen molar-refractivity contribution in [2.24, 2.45) is 11.8 Å². The van der Waals surface area contributed by atoms with Crippen molar-refractivity contribution < 1.29 is 23.1 Å². The summed E-state index contributed by atoms with van der Waals surface area (Å²) >= 11 is 0. The number of carboxylic acid groups (broad SMARTS) is 1. The van der Waals surface area contributed by atoms with E-state index in [1.54, 1.807) is 4.90 Å². The molecule has 2 saturated heterocycles. The number of hydrogen-bond acceptors (Lipinski definition) is 6. The molecule has 0 radical (unpaired) electrons. The SMILES string of the molecule is Cl.Nc1cc(-n2cc(C(=O)O)c(=O)c3cc(F)c(N4CC5CNCC5C4)nc32)c(F)cc1F. The van der Waals surface area contributed by atoms with E-state index in [1.807, 2.05) is 0 Å². The van der Waals surface area contributed by atoms with Crippen LogP contribution in [-0.4, -0.2) is 46.8 Å². The fraction of sp³-hybridized carbons (Fsp3) is 0.286. The molecule has 0 spiro atoms. The minimum Gasteiger partial charge on any atom is -0.477 e. The van der Waals surface area contributed by atoms with Crippen molar-refractivity contribution in [2.45, 2.75) is 0 Å². The molecule has 4 N–H and O–H groups in total. The van der Waals surface area contributed by atoms with Gasteiger partial charge in [0.2, 0.25) is 5.43 Å².